The van der Waals surface area contributed by atoms with Gasteiger partial charge < -0.3 is 9.94 Å². The highest BCUT2D eigenvalue weighted by atomic mass is 16.5. The van der Waals surface area contributed by atoms with Gasteiger partial charge in [0.05, 0.1) is 0 Å². The second-order valence-electron chi connectivity index (χ2n) is 1.80. The summed E-state index contributed by atoms with van der Waals surface area (Å²) in [6.45, 7) is 3.21. The summed E-state index contributed by atoms with van der Waals surface area (Å²) < 4.78 is 4.69. The number of ketones is 1. The molecule has 0 heterocycles. The van der Waals surface area contributed by atoms with Gasteiger partial charge in [0, 0.05) is 13.3 Å². The van der Waals surface area contributed by atoms with Gasteiger partial charge in [-0.05, 0) is 0 Å². The molecule has 0 aromatic heterocycles. The van der Waals surface area contributed by atoms with E-state index in [1.54, 1.807) is 6.92 Å². The Hall–Kier alpha value is -1.06. The van der Waals surface area contributed by atoms with Crippen LogP contribution in [-0.4, -0.2) is 23.5 Å². The number of oxime groups is 1. The van der Waals surface area contributed by atoms with Gasteiger partial charge in [-0.1, -0.05) is 12.1 Å². The maximum absolute atomic E-state index is 10.6. The van der Waals surface area contributed by atoms with Gasteiger partial charge in [-0.2, -0.15) is 0 Å². The van der Waals surface area contributed by atoms with Crippen LogP contribution in [0.4, 0.5) is 0 Å². The minimum absolute atomic E-state index is 0.00755. The number of carbonyl (C=O) groups is 1. The summed E-state index contributed by atoms with van der Waals surface area (Å²) in [6, 6.07) is 0. The first kappa shape index (κ1) is 8.94. The Balaban J connectivity index is 3.45. The molecule has 0 radical (unpaired) electrons. The molecule has 0 aromatic carbocycles. The average Bonchev–Trinajstić information content (AvgIpc) is 1.99. The van der Waals surface area contributed by atoms with Crippen LogP contribution in [0.3, 0.4) is 0 Å². The van der Waals surface area contributed by atoms with E-state index in [-0.39, 0.29) is 18.3 Å². The third-order valence-electron chi connectivity index (χ3n) is 0.977. The van der Waals surface area contributed by atoms with Crippen molar-refractivity contribution in [1.29, 1.82) is 0 Å². The zero-order valence-corrected chi connectivity index (χ0v) is 6.13. The number of rotatable bonds is 3. The largest absolute Gasteiger partial charge is 0.471 e. The van der Waals surface area contributed by atoms with Crippen molar-refractivity contribution in [2.45, 2.75) is 20.3 Å². The number of hydrogen-bond acceptors (Lipinski definition) is 4. The van der Waals surface area contributed by atoms with Gasteiger partial charge in [-0.15, -0.1) is 0 Å². The number of Topliss-reactive ketones (excluding diaryl/α,β-unsaturated/α-hetero) is 1. The number of nitrogens with zero attached hydrogens (tertiary/aromatic N) is 1. The van der Waals surface area contributed by atoms with E-state index < -0.39 is 0 Å². The van der Waals surface area contributed by atoms with Crippen molar-refractivity contribution in [1.82, 2.24) is 0 Å². The van der Waals surface area contributed by atoms with Crippen LogP contribution in [0, 0.1) is 0 Å². The fourth-order valence-electron chi connectivity index (χ4n) is 0.316. The van der Waals surface area contributed by atoms with Gasteiger partial charge in [0.25, 0.3) is 0 Å². The molecule has 0 aliphatic carbocycles. The molecule has 0 saturated carbocycles. The predicted octanol–water partition coefficient (Wildman–Crippen LogP) is 0.790. The Labute approximate surface area is 59.5 Å². The Morgan fingerprint density at radius 2 is 2.30 bits per heavy atom. The highest BCUT2D eigenvalue weighted by molar-refractivity contribution is 5.82. The molecule has 10 heavy (non-hydrogen) atoms. The molecule has 0 atom stereocenters. The van der Waals surface area contributed by atoms with Gasteiger partial charge in [0.2, 0.25) is 5.90 Å². The minimum atomic E-state index is -0.0111. The second-order valence-corrected chi connectivity index (χ2v) is 1.80. The molecular weight excluding hydrogens is 134 g/mol. The first-order valence-electron chi connectivity index (χ1n) is 3.03. The van der Waals surface area contributed by atoms with Gasteiger partial charge in [-0.25, -0.2) is 0 Å². The summed E-state index contributed by atoms with van der Waals surface area (Å²) in [5, 5.41) is 10.8. The van der Waals surface area contributed by atoms with E-state index in [1.165, 1.54) is 6.92 Å². The van der Waals surface area contributed by atoms with E-state index >= 15 is 0 Å². The molecule has 58 valence electrons. The summed E-state index contributed by atoms with van der Waals surface area (Å²) in [7, 11) is 0. The van der Waals surface area contributed by atoms with Crippen LogP contribution in [0.25, 0.3) is 0 Å². The summed E-state index contributed by atoms with van der Waals surface area (Å²) in [5.74, 6) is 0.102. The van der Waals surface area contributed by atoms with Crippen molar-refractivity contribution in [2.75, 3.05) is 6.61 Å². The third kappa shape index (κ3) is 3.88. The minimum Gasteiger partial charge on any atom is -0.471 e. The van der Waals surface area contributed by atoms with Crippen LogP contribution < -0.4 is 0 Å². The Morgan fingerprint density at radius 3 is 2.70 bits per heavy atom. The number of hydrogen-bond donors (Lipinski definition) is 1. The van der Waals surface area contributed by atoms with E-state index in [1.807, 2.05) is 0 Å². The lowest BCUT2D eigenvalue weighted by molar-refractivity contribution is -0.121. The fourth-order valence-corrected chi connectivity index (χ4v) is 0.316. The van der Waals surface area contributed by atoms with Gasteiger partial charge in [0.15, 0.2) is 5.78 Å². The first-order chi connectivity index (χ1) is 4.70. The van der Waals surface area contributed by atoms with Gasteiger partial charge in [0.1, 0.15) is 6.61 Å². The zero-order valence-electron chi connectivity index (χ0n) is 6.13. The van der Waals surface area contributed by atoms with Crippen molar-refractivity contribution < 1.29 is 14.7 Å². The quantitative estimate of drug-likeness (QED) is 0.276. The zero-order chi connectivity index (χ0) is 7.98. The van der Waals surface area contributed by atoms with E-state index in [2.05, 4.69) is 5.16 Å². The Morgan fingerprint density at radius 1 is 1.70 bits per heavy atom. The maximum Gasteiger partial charge on any atom is 0.222 e. The third-order valence-corrected chi connectivity index (χ3v) is 0.977. The summed E-state index contributed by atoms with van der Waals surface area (Å²) in [6.07, 6.45) is 0.443. The topological polar surface area (TPSA) is 58.9 Å². The van der Waals surface area contributed by atoms with Crippen LogP contribution in [0.15, 0.2) is 5.16 Å². The lowest BCUT2D eigenvalue weighted by Crippen LogP contribution is -2.10. The van der Waals surface area contributed by atoms with Crippen molar-refractivity contribution in [3.63, 3.8) is 0 Å². The molecular formula is C6H11NO3. The van der Waals surface area contributed by atoms with Gasteiger partial charge >= 0.3 is 0 Å². The molecule has 0 amide bonds. The summed E-state index contributed by atoms with van der Waals surface area (Å²) >= 11 is 0. The molecule has 1 N–H and O–H groups in total. The van der Waals surface area contributed by atoms with Crippen LogP contribution in [-0.2, 0) is 9.53 Å². The number of ether oxygens (including phenoxy) is 1. The highest BCUT2D eigenvalue weighted by Gasteiger charge is 1.98. The molecule has 4 nitrogen and oxygen atoms in total. The fraction of sp³-hybridized carbons (Fsp3) is 0.667. The van der Waals surface area contributed by atoms with E-state index in [9.17, 15) is 4.79 Å². The lowest BCUT2D eigenvalue weighted by atomic mass is 10.3. The van der Waals surface area contributed by atoms with Crippen LogP contribution >= 0.6 is 0 Å². The van der Waals surface area contributed by atoms with E-state index in [0.29, 0.717) is 6.42 Å². The van der Waals surface area contributed by atoms with Gasteiger partial charge in [-0.3, -0.25) is 4.79 Å². The summed E-state index contributed by atoms with van der Waals surface area (Å²) in [5.41, 5.74) is 0. The summed E-state index contributed by atoms with van der Waals surface area (Å²) in [4.78, 5) is 10.6. The second kappa shape index (κ2) is 4.78. The van der Waals surface area contributed by atoms with E-state index in [4.69, 9.17) is 9.94 Å². The average molecular weight is 145 g/mol. The highest BCUT2D eigenvalue weighted by Crippen LogP contribution is 1.84. The molecule has 4 heteroatoms. The monoisotopic (exact) mass is 145 g/mol. The standard InChI is InChI=1S/C6H11NO3/c1-3-6(8)4-10-5(2)7-9/h9H,3-4H2,1-2H3. The van der Waals surface area contributed by atoms with E-state index in [0.717, 1.165) is 0 Å². The molecule has 0 bridgehead atoms. The molecule has 0 aromatic rings. The first-order valence-corrected chi connectivity index (χ1v) is 3.03. The van der Waals surface area contributed by atoms with Crippen molar-refractivity contribution in [3.05, 3.63) is 0 Å². The van der Waals surface area contributed by atoms with Crippen molar-refractivity contribution in [3.8, 4) is 0 Å². The Kier molecular flexibility index (Phi) is 4.28. The van der Waals surface area contributed by atoms with Crippen LogP contribution in [0.1, 0.15) is 20.3 Å². The molecule has 0 spiro atoms. The Bertz CT molecular complexity index is 142. The predicted molar refractivity (Wildman–Crippen MR) is 36.1 cm³/mol. The SMILES string of the molecule is CCC(=O)COC(C)=NO. The molecule has 0 saturated heterocycles. The van der Waals surface area contributed by atoms with Crippen LogP contribution in [0.2, 0.25) is 0 Å². The van der Waals surface area contributed by atoms with Crippen molar-refractivity contribution in [2.24, 2.45) is 5.16 Å². The normalized spacial score (nSPS) is 11.2. The van der Waals surface area contributed by atoms with Crippen LogP contribution in [0.5, 0.6) is 0 Å². The smallest absolute Gasteiger partial charge is 0.222 e. The van der Waals surface area contributed by atoms with Crippen molar-refractivity contribution >= 4 is 11.7 Å². The molecule has 0 aliphatic heterocycles. The lowest BCUT2D eigenvalue weighted by Gasteiger charge is -1.99. The maximum atomic E-state index is 10.6. The molecule has 0 fully saturated rings. The molecule has 0 aliphatic rings. The molecule has 0 unspecified atom stereocenters. The number of carbonyl (C=O) groups excluding carboxylic acids is 1. The molecule has 0 rings (SSSR count).